The average Bonchev–Trinajstić information content (AvgIpc) is 2.91. The molecule has 0 aliphatic carbocycles. The Morgan fingerprint density at radius 2 is 2.05 bits per heavy atom. The summed E-state index contributed by atoms with van der Waals surface area (Å²) in [6.45, 7) is 3.60. The molecule has 0 aliphatic rings. The zero-order valence-corrected chi connectivity index (χ0v) is 13.0. The number of anilines is 1. The summed E-state index contributed by atoms with van der Waals surface area (Å²) in [4.78, 5) is 12.0. The summed E-state index contributed by atoms with van der Waals surface area (Å²) < 4.78 is 15.4. The van der Waals surface area contributed by atoms with Crippen molar-refractivity contribution < 1.29 is 18.8 Å². The van der Waals surface area contributed by atoms with Crippen LogP contribution in [0.25, 0.3) is 0 Å². The highest BCUT2D eigenvalue weighted by Crippen LogP contribution is 2.29. The van der Waals surface area contributed by atoms with Crippen molar-refractivity contribution in [2.75, 3.05) is 19.5 Å². The molecule has 0 fully saturated rings. The van der Waals surface area contributed by atoms with E-state index in [-0.39, 0.29) is 12.1 Å². The van der Waals surface area contributed by atoms with Gasteiger partial charge in [0.05, 0.1) is 20.3 Å². The van der Waals surface area contributed by atoms with Crippen molar-refractivity contribution in [2.24, 2.45) is 0 Å². The van der Waals surface area contributed by atoms with Gasteiger partial charge >= 0.3 is 6.03 Å². The first-order valence-corrected chi connectivity index (χ1v) is 6.76. The van der Waals surface area contributed by atoms with Gasteiger partial charge in [-0.1, -0.05) is 5.16 Å². The third-order valence-corrected chi connectivity index (χ3v) is 3.12. The highest BCUT2D eigenvalue weighted by molar-refractivity contribution is 5.88. The van der Waals surface area contributed by atoms with Crippen LogP contribution in [-0.4, -0.2) is 25.4 Å². The van der Waals surface area contributed by atoms with Gasteiger partial charge in [0.1, 0.15) is 17.3 Å². The smallest absolute Gasteiger partial charge is 0.320 e. The summed E-state index contributed by atoms with van der Waals surface area (Å²) in [6, 6.07) is 6.39. The van der Waals surface area contributed by atoms with E-state index < -0.39 is 0 Å². The fourth-order valence-electron chi connectivity index (χ4n) is 2.03. The Morgan fingerprint density at radius 1 is 1.27 bits per heavy atom. The largest absolute Gasteiger partial charge is 0.497 e. The Hall–Kier alpha value is -2.70. The van der Waals surface area contributed by atoms with Gasteiger partial charge in [-0.15, -0.1) is 0 Å². The van der Waals surface area contributed by atoms with Crippen LogP contribution < -0.4 is 20.1 Å². The van der Waals surface area contributed by atoms with Crippen molar-refractivity contribution >= 4 is 11.8 Å². The molecular formula is C15H19N3O4. The van der Waals surface area contributed by atoms with Crippen molar-refractivity contribution in [1.82, 2.24) is 10.5 Å². The third kappa shape index (κ3) is 3.69. The Bertz CT molecular complexity index is 654. The van der Waals surface area contributed by atoms with Crippen LogP contribution in [0.15, 0.2) is 28.8 Å². The first-order chi connectivity index (χ1) is 10.5. The molecular weight excluding hydrogens is 286 g/mol. The molecule has 7 heteroatoms. The molecule has 0 saturated carbocycles. The maximum atomic E-state index is 12.0. The van der Waals surface area contributed by atoms with Crippen molar-refractivity contribution in [1.29, 1.82) is 0 Å². The standard InChI is InChI=1S/C15H19N3O4/c1-9-7-14(18-22-9)17-15(19)16-10(2)12-8-11(20-3)5-6-13(12)21-4/h5-8,10H,1-4H3,(H2,16,17,18,19). The minimum Gasteiger partial charge on any atom is -0.497 e. The molecule has 118 valence electrons. The zero-order chi connectivity index (χ0) is 16.1. The second-order valence-electron chi connectivity index (χ2n) is 4.75. The van der Waals surface area contributed by atoms with Crippen LogP contribution in [0.2, 0.25) is 0 Å². The van der Waals surface area contributed by atoms with E-state index in [1.807, 2.05) is 13.0 Å². The van der Waals surface area contributed by atoms with Gasteiger partial charge in [0, 0.05) is 11.6 Å². The number of aryl methyl sites for hydroxylation is 1. The summed E-state index contributed by atoms with van der Waals surface area (Å²) in [7, 11) is 3.17. The molecule has 1 aromatic heterocycles. The van der Waals surface area contributed by atoms with Gasteiger partial charge in [-0.3, -0.25) is 5.32 Å². The van der Waals surface area contributed by atoms with Crippen molar-refractivity contribution in [3.05, 3.63) is 35.6 Å². The van der Waals surface area contributed by atoms with Gasteiger partial charge in [0.25, 0.3) is 0 Å². The Morgan fingerprint density at radius 3 is 2.64 bits per heavy atom. The van der Waals surface area contributed by atoms with Gasteiger partial charge in [-0.25, -0.2) is 4.79 Å². The molecule has 0 radical (unpaired) electrons. The summed E-state index contributed by atoms with van der Waals surface area (Å²) in [6.07, 6.45) is 0. The van der Waals surface area contributed by atoms with Gasteiger partial charge < -0.3 is 19.3 Å². The fourth-order valence-corrected chi connectivity index (χ4v) is 2.03. The zero-order valence-electron chi connectivity index (χ0n) is 13.0. The van der Waals surface area contributed by atoms with Crippen LogP contribution in [0.5, 0.6) is 11.5 Å². The van der Waals surface area contributed by atoms with E-state index >= 15 is 0 Å². The first kappa shape index (κ1) is 15.7. The minimum atomic E-state index is -0.384. The van der Waals surface area contributed by atoms with Crippen LogP contribution in [0, 0.1) is 6.92 Å². The van der Waals surface area contributed by atoms with Gasteiger partial charge in [-0.05, 0) is 32.0 Å². The number of amides is 2. The Labute approximate surface area is 128 Å². The van der Waals surface area contributed by atoms with Crippen molar-refractivity contribution in [2.45, 2.75) is 19.9 Å². The number of carbonyl (C=O) groups is 1. The quantitative estimate of drug-likeness (QED) is 0.887. The van der Waals surface area contributed by atoms with E-state index in [1.54, 1.807) is 39.3 Å². The van der Waals surface area contributed by atoms with Crippen molar-refractivity contribution in [3.8, 4) is 11.5 Å². The second-order valence-corrected chi connectivity index (χ2v) is 4.75. The summed E-state index contributed by atoms with van der Waals surface area (Å²) in [5.74, 6) is 2.35. The van der Waals surface area contributed by atoms with E-state index in [1.165, 1.54) is 0 Å². The third-order valence-electron chi connectivity index (χ3n) is 3.12. The molecule has 2 amide bonds. The van der Waals surface area contributed by atoms with Crippen LogP contribution in [0.4, 0.5) is 10.6 Å². The highest BCUT2D eigenvalue weighted by atomic mass is 16.5. The number of rotatable bonds is 5. The number of hydrogen-bond acceptors (Lipinski definition) is 5. The topological polar surface area (TPSA) is 85.6 Å². The molecule has 0 spiro atoms. The van der Waals surface area contributed by atoms with E-state index in [2.05, 4.69) is 15.8 Å². The lowest BCUT2D eigenvalue weighted by molar-refractivity contribution is 0.249. The van der Waals surface area contributed by atoms with Gasteiger partial charge in [0.2, 0.25) is 0 Å². The van der Waals surface area contributed by atoms with Crippen LogP contribution >= 0.6 is 0 Å². The normalized spacial score (nSPS) is 11.6. The summed E-state index contributed by atoms with van der Waals surface area (Å²) in [5, 5.41) is 9.12. The molecule has 0 aliphatic heterocycles. The van der Waals surface area contributed by atoms with Crippen LogP contribution in [0.3, 0.4) is 0 Å². The van der Waals surface area contributed by atoms with Gasteiger partial charge in [0.15, 0.2) is 5.82 Å². The number of aromatic nitrogens is 1. The molecule has 7 nitrogen and oxygen atoms in total. The Kier molecular flexibility index (Phi) is 4.88. The number of nitrogens with one attached hydrogen (secondary N) is 2. The van der Waals surface area contributed by atoms with E-state index in [0.29, 0.717) is 23.1 Å². The van der Waals surface area contributed by atoms with Crippen LogP contribution in [-0.2, 0) is 0 Å². The maximum absolute atomic E-state index is 12.0. The molecule has 1 aromatic carbocycles. The number of ether oxygens (including phenoxy) is 2. The van der Waals surface area contributed by atoms with E-state index in [9.17, 15) is 4.79 Å². The molecule has 2 aromatic rings. The molecule has 22 heavy (non-hydrogen) atoms. The molecule has 2 N–H and O–H groups in total. The predicted molar refractivity (Wildman–Crippen MR) is 81.4 cm³/mol. The molecule has 1 heterocycles. The maximum Gasteiger partial charge on any atom is 0.320 e. The monoisotopic (exact) mass is 305 g/mol. The molecule has 0 saturated heterocycles. The summed E-state index contributed by atoms with van der Waals surface area (Å²) in [5.41, 5.74) is 0.813. The number of benzene rings is 1. The minimum absolute atomic E-state index is 0.280. The van der Waals surface area contributed by atoms with Crippen LogP contribution in [0.1, 0.15) is 24.3 Å². The average molecular weight is 305 g/mol. The first-order valence-electron chi connectivity index (χ1n) is 6.76. The number of carbonyl (C=O) groups excluding carboxylic acids is 1. The Balaban J connectivity index is 2.07. The number of hydrogen-bond donors (Lipinski definition) is 2. The molecule has 0 bridgehead atoms. The SMILES string of the molecule is COc1ccc(OC)c(C(C)NC(=O)Nc2cc(C)on2)c1. The van der Waals surface area contributed by atoms with E-state index in [0.717, 1.165) is 5.56 Å². The lowest BCUT2D eigenvalue weighted by Gasteiger charge is -2.18. The number of urea groups is 1. The molecule has 2 rings (SSSR count). The lowest BCUT2D eigenvalue weighted by atomic mass is 10.1. The van der Waals surface area contributed by atoms with Crippen molar-refractivity contribution in [3.63, 3.8) is 0 Å². The molecule has 1 unspecified atom stereocenters. The summed E-state index contributed by atoms with van der Waals surface area (Å²) >= 11 is 0. The fraction of sp³-hybridized carbons (Fsp3) is 0.333. The van der Waals surface area contributed by atoms with Gasteiger partial charge in [-0.2, -0.15) is 0 Å². The predicted octanol–water partition coefficient (Wildman–Crippen LogP) is 2.88. The van der Waals surface area contributed by atoms with E-state index in [4.69, 9.17) is 14.0 Å². The number of methoxy groups -OCH3 is 2. The molecule has 1 atom stereocenters. The lowest BCUT2D eigenvalue weighted by Crippen LogP contribution is -2.31. The highest BCUT2D eigenvalue weighted by Gasteiger charge is 2.16. The second kappa shape index (κ2) is 6.84. The number of nitrogens with zero attached hydrogens (tertiary/aromatic N) is 1.